The highest BCUT2D eigenvalue weighted by atomic mass is 16.3. The molecule has 1 atom stereocenters. The van der Waals surface area contributed by atoms with Crippen molar-refractivity contribution < 1.29 is 5.11 Å². The molecule has 1 saturated heterocycles. The van der Waals surface area contributed by atoms with Gasteiger partial charge in [0.1, 0.15) is 0 Å². The van der Waals surface area contributed by atoms with Crippen LogP contribution in [0.1, 0.15) is 46.5 Å². The Morgan fingerprint density at radius 1 is 1.44 bits per heavy atom. The van der Waals surface area contributed by atoms with E-state index in [1.807, 2.05) is 0 Å². The van der Waals surface area contributed by atoms with Crippen LogP contribution >= 0.6 is 0 Å². The van der Waals surface area contributed by atoms with Gasteiger partial charge in [-0.2, -0.15) is 0 Å². The first-order valence-corrected chi connectivity index (χ1v) is 7.22. The highest BCUT2D eigenvalue weighted by Gasteiger charge is 2.25. The number of hydrogen-bond acceptors (Lipinski definition) is 2. The van der Waals surface area contributed by atoms with E-state index in [0.29, 0.717) is 18.4 Å². The average Bonchev–Trinajstić information content (AvgIpc) is 2.40. The average molecular weight is 255 g/mol. The van der Waals surface area contributed by atoms with Crippen molar-refractivity contribution in [3.8, 4) is 0 Å². The second kappa shape index (κ2) is 6.98. The molecule has 0 amide bonds. The van der Waals surface area contributed by atoms with Crippen molar-refractivity contribution in [2.45, 2.75) is 46.5 Å². The quantitative estimate of drug-likeness (QED) is 0.582. The Morgan fingerprint density at radius 3 is 2.61 bits per heavy atom. The lowest BCUT2D eigenvalue weighted by Gasteiger charge is -2.33. The lowest BCUT2D eigenvalue weighted by molar-refractivity contribution is 0.123. The Bertz CT molecular complexity index is 266. The van der Waals surface area contributed by atoms with Gasteiger partial charge in [0.2, 0.25) is 0 Å². The molecule has 0 aromatic carbocycles. The first-order chi connectivity index (χ1) is 8.56. The molecule has 1 unspecified atom stereocenters. The number of piperidine rings is 1. The number of aliphatic hydroxyl groups excluding tert-OH is 1. The van der Waals surface area contributed by atoms with Crippen molar-refractivity contribution in [3.63, 3.8) is 0 Å². The normalized spacial score (nSPS) is 22.3. The fourth-order valence-electron chi connectivity index (χ4n) is 2.49. The van der Waals surface area contributed by atoms with Crippen LogP contribution in [-0.4, -0.2) is 42.2 Å². The van der Waals surface area contributed by atoms with Crippen molar-refractivity contribution in [1.82, 2.24) is 4.90 Å². The van der Waals surface area contributed by atoms with E-state index in [9.17, 15) is 5.11 Å². The Balaban J connectivity index is 2.59. The van der Waals surface area contributed by atoms with Crippen LogP contribution in [0.5, 0.6) is 0 Å². The molecule has 0 aromatic rings. The van der Waals surface area contributed by atoms with Gasteiger partial charge in [-0.25, -0.2) is 0 Å². The van der Waals surface area contributed by atoms with Crippen LogP contribution < -0.4 is 5.73 Å². The molecule has 1 heterocycles. The summed E-state index contributed by atoms with van der Waals surface area (Å²) < 4.78 is 0. The molecule has 0 spiro atoms. The van der Waals surface area contributed by atoms with E-state index in [1.165, 1.54) is 12.8 Å². The van der Waals surface area contributed by atoms with Gasteiger partial charge < -0.3 is 15.7 Å². The predicted molar refractivity (Wildman–Crippen MR) is 76.6 cm³/mol. The third kappa shape index (κ3) is 3.87. The molecule has 3 N–H and O–H groups in total. The smallest absolute Gasteiger partial charge is 0.191 e. The number of aliphatic hydroxyl groups is 1. The van der Waals surface area contributed by atoms with Crippen molar-refractivity contribution in [1.29, 1.82) is 0 Å². The summed E-state index contributed by atoms with van der Waals surface area (Å²) >= 11 is 0. The Labute approximate surface area is 111 Å². The number of nitrogens with zero attached hydrogens (tertiary/aromatic N) is 2. The maximum atomic E-state index is 9.52. The number of aliphatic imine (C=N–C) groups is 1. The summed E-state index contributed by atoms with van der Waals surface area (Å²) in [6.07, 6.45) is 4.36. The monoisotopic (exact) mass is 255 g/mol. The SMILES string of the molecule is CCC(CC)(CO)CN=C(N)N1CCCC(C)C1. The molecule has 18 heavy (non-hydrogen) atoms. The van der Waals surface area contributed by atoms with Crippen LogP contribution in [0.4, 0.5) is 0 Å². The predicted octanol–water partition coefficient (Wildman–Crippen LogP) is 1.83. The van der Waals surface area contributed by atoms with E-state index in [1.54, 1.807) is 0 Å². The summed E-state index contributed by atoms with van der Waals surface area (Å²) in [7, 11) is 0. The van der Waals surface area contributed by atoms with E-state index in [-0.39, 0.29) is 12.0 Å². The second-order valence-corrected chi connectivity index (χ2v) is 5.73. The molecule has 0 aliphatic carbocycles. The molecule has 0 aromatic heterocycles. The number of rotatable bonds is 5. The summed E-state index contributed by atoms with van der Waals surface area (Å²) in [5.41, 5.74) is 5.98. The zero-order valence-electron chi connectivity index (χ0n) is 12.2. The van der Waals surface area contributed by atoms with Gasteiger partial charge in [0, 0.05) is 18.5 Å². The summed E-state index contributed by atoms with van der Waals surface area (Å²) in [4.78, 5) is 6.71. The number of guanidine groups is 1. The molecule has 0 saturated carbocycles. The van der Waals surface area contributed by atoms with Crippen LogP contribution in [-0.2, 0) is 0 Å². The van der Waals surface area contributed by atoms with E-state index in [0.717, 1.165) is 25.9 Å². The van der Waals surface area contributed by atoms with Crippen molar-refractivity contribution in [2.24, 2.45) is 22.1 Å². The van der Waals surface area contributed by atoms with Crippen LogP contribution in [0.2, 0.25) is 0 Å². The van der Waals surface area contributed by atoms with Crippen molar-refractivity contribution in [2.75, 3.05) is 26.2 Å². The van der Waals surface area contributed by atoms with Gasteiger partial charge in [-0.15, -0.1) is 0 Å². The largest absolute Gasteiger partial charge is 0.396 e. The van der Waals surface area contributed by atoms with E-state index >= 15 is 0 Å². The maximum Gasteiger partial charge on any atom is 0.191 e. The zero-order chi connectivity index (χ0) is 13.6. The van der Waals surface area contributed by atoms with Crippen LogP contribution in [0.15, 0.2) is 4.99 Å². The molecule has 1 fully saturated rings. The fraction of sp³-hybridized carbons (Fsp3) is 0.929. The summed E-state index contributed by atoms with van der Waals surface area (Å²) in [5.74, 6) is 1.36. The van der Waals surface area contributed by atoms with Crippen LogP contribution in [0.25, 0.3) is 0 Å². The van der Waals surface area contributed by atoms with E-state index in [4.69, 9.17) is 5.73 Å². The molecule has 4 nitrogen and oxygen atoms in total. The maximum absolute atomic E-state index is 9.52. The number of likely N-dealkylation sites (tertiary alicyclic amines) is 1. The third-order valence-electron chi connectivity index (χ3n) is 4.39. The lowest BCUT2D eigenvalue weighted by atomic mass is 9.83. The minimum absolute atomic E-state index is 0.0912. The number of hydrogen-bond donors (Lipinski definition) is 2. The van der Waals surface area contributed by atoms with Crippen molar-refractivity contribution >= 4 is 5.96 Å². The fourth-order valence-corrected chi connectivity index (χ4v) is 2.49. The number of nitrogens with two attached hydrogens (primary N) is 1. The molecule has 106 valence electrons. The molecule has 1 aliphatic rings. The highest BCUT2D eigenvalue weighted by Crippen LogP contribution is 2.26. The molecule has 1 aliphatic heterocycles. The third-order valence-corrected chi connectivity index (χ3v) is 4.39. The molecular weight excluding hydrogens is 226 g/mol. The molecule has 0 bridgehead atoms. The second-order valence-electron chi connectivity index (χ2n) is 5.73. The molecule has 4 heteroatoms. The van der Waals surface area contributed by atoms with Gasteiger partial charge in [-0.3, -0.25) is 4.99 Å². The molecule has 0 radical (unpaired) electrons. The van der Waals surface area contributed by atoms with Crippen molar-refractivity contribution in [3.05, 3.63) is 0 Å². The topological polar surface area (TPSA) is 61.9 Å². The Morgan fingerprint density at radius 2 is 2.11 bits per heavy atom. The molecule has 1 rings (SSSR count). The van der Waals surface area contributed by atoms with Gasteiger partial charge in [-0.1, -0.05) is 20.8 Å². The van der Waals surface area contributed by atoms with Crippen LogP contribution in [0.3, 0.4) is 0 Å². The summed E-state index contributed by atoms with van der Waals surface area (Å²) in [6, 6.07) is 0. The van der Waals surface area contributed by atoms with E-state index < -0.39 is 0 Å². The summed E-state index contributed by atoms with van der Waals surface area (Å²) in [5, 5.41) is 9.52. The first-order valence-electron chi connectivity index (χ1n) is 7.22. The van der Waals surface area contributed by atoms with Gasteiger partial charge in [0.15, 0.2) is 5.96 Å². The van der Waals surface area contributed by atoms with Gasteiger partial charge in [0.05, 0.1) is 13.2 Å². The highest BCUT2D eigenvalue weighted by molar-refractivity contribution is 5.78. The lowest BCUT2D eigenvalue weighted by Crippen LogP contribution is -2.44. The zero-order valence-corrected chi connectivity index (χ0v) is 12.2. The van der Waals surface area contributed by atoms with E-state index in [2.05, 4.69) is 30.7 Å². The van der Waals surface area contributed by atoms with Crippen LogP contribution in [0, 0.1) is 11.3 Å². The van der Waals surface area contributed by atoms with Gasteiger partial charge in [0.25, 0.3) is 0 Å². The van der Waals surface area contributed by atoms with Gasteiger partial charge >= 0.3 is 0 Å². The standard InChI is InChI=1S/C14H29N3O/c1-4-14(5-2,11-18)10-16-13(15)17-8-6-7-12(3)9-17/h12,18H,4-11H2,1-3H3,(H2,15,16). The molecular formula is C14H29N3O. The minimum Gasteiger partial charge on any atom is -0.396 e. The van der Waals surface area contributed by atoms with Gasteiger partial charge in [-0.05, 0) is 31.6 Å². The minimum atomic E-state index is -0.0912. The first kappa shape index (κ1) is 15.3. The Kier molecular flexibility index (Phi) is 5.93. The Hall–Kier alpha value is -0.770. The summed E-state index contributed by atoms with van der Waals surface area (Å²) in [6.45, 7) is 9.32.